The normalized spacial score (nSPS) is 10.7. The number of hydrogen-bond donors (Lipinski definition) is 1. The van der Waals surface area contributed by atoms with Gasteiger partial charge in [0.05, 0.1) is 12.1 Å². The van der Waals surface area contributed by atoms with Gasteiger partial charge in [-0.3, -0.25) is 9.78 Å². The predicted octanol–water partition coefficient (Wildman–Crippen LogP) is 5.41. The molecule has 1 aromatic heterocycles. The molecule has 0 fully saturated rings. The van der Waals surface area contributed by atoms with Gasteiger partial charge < -0.3 is 10.1 Å². The highest BCUT2D eigenvalue weighted by molar-refractivity contribution is 6.32. The lowest BCUT2D eigenvalue weighted by molar-refractivity contribution is 0.102. The largest absolute Gasteiger partial charge is 0.494 e. The smallest absolute Gasteiger partial charge is 0.274 e. The van der Waals surface area contributed by atoms with E-state index in [-0.39, 0.29) is 5.91 Å². The maximum absolute atomic E-state index is 12.2. The zero-order chi connectivity index (χ0) is 18.4. The molecular formula is C19H15ClN4O2. The number of nitrogens with one attached hydrogen (secondary N) is 1. The maximum atomic E-state index is 12.2. The van der Waals surface area contributed by atoms with Crippen molar-refractivity contribution < 1.29 is 9.53 Å². The Balaban J connectivity index is 1.80. The summed E-state index contributed by atoms with van der Waals surface area (Å²) in [7, 11) is 1.52. The van der Waals surface area contributed by atoms with Crippen molar-refractivity contribution in [2.75, 3.05) is 12.4 Å². The predicted molar refractivity (Wildman–Crippen MR) is 101 cm³/mol. The van der Waals surface area contributed by atoms with Crippen LogP contribution in [0.1, 0.15) is 10.5 Å². The molecule has 1 N–H and O–H groups in total. The van der Waals surface area contributed by atoms with E-state index in [0.717, 1.165) is 0 Å². The molecule has 26 heavy (non-hydrogen) atoms. The van der Waals surface area contributed by atoms with Crippen molar-refractivity contribution in [2.45, 2.75) is 0 Å². The van der Waals surface area contributed by atoms with E-state index in [1.807, 2.05) is 12.1 Å². The Labute approximate surface area is 155 Å². The minimum absolute atomic E-state index is 0.307. The Kier molecular flexibility index (Phi) is 5.56. The van der Waals surface area contributed by atoms with Crippen LogP contribution >= 0.6 is 11.6 Å². The van der Waals surface area contributed by atoms with Gasteiger partial charge in [0, 0.05) is 18.0 Å². The molecule has 7 heteroatoms. The number of pyridine rings is 1. The molecule has 0 aliphatic carbocycles. The number of rotatable bonds is 5. The van der Waals surface area contributed by atoms with E-state index in [1.54, 1.807) is 54.7 Å². The van der Waals surface area contributed by atoms with Crippen molar-refractivity contribution in [3.8, 4) is 5.75 Å². The van der Waals surface area contributed by atoms with Crippen LogP contribution in [-0.4, -0.2) is 18.0 Å². The molecule has 0 radical (unpaired) electrons. The summed E-state index contributed by atoms with van der Waals surface area (Å²) >= 11 is 6.07. The van der Waals surface area contributed by atoms with Crippen LogP contribution in [0.5, 0.6) is 5.75 Å². The summed E-state index contributed by atoms with van der Waals surface area (Å²) in [4.78, 5) is 16.2. The van der Waals surface area contributed by atoms with Crippen molar-refractivity contribution in [1.29, 1.82) is 0 Å². The molecule has 6 nitrogen and oxygen atoms in total. The number of anilines is 1. The lowest BCUT2D eigenvalue weighted by atomic mass is 10.2. The Hall–Kier alpha value is -3.25. The molecular weight excluding hydrogens is 352 g/mol. The second kappa shape index (κ2) is 8.22. The minimum atomic E-state index is -0.307. The Morgan fingerprint density at radius 2 is 1.81 bits per heavy atom. The van der Waals surface area contributed by atoms with E-state index in [2.05, 4.69) is 20.5 Å². The number of hydrogen-bond acceptors (Lipinski definition) is 5. The molecule has 0 saturated carbocycles. The first-order valence-corrected chi connectivity index (χ1v) is 8.12. The van der Waals surface area contributed by atoms with Gasteiger partial charge >= 0.3 is 0 Å². The van der Waals surface area contributed by atoms with Crippen molar-refractivity contribution in [2.24, 2.45) is 10.2 Å². The number of benzene rings is 2. The first-order valence-electron chi connectivity index (χ1n) is 7.74. The lowest BCUT2D eigenvalue weighted by Crippen LogP contribution is -2.13. The van der Waals surface area contributed by atoms with Crippen molar-refractivity contribution >= 4 is 34.6 Å². The Bertz CT molecular complexity index is 945. The standard InChI is InChI=1S/C19H15ClN4O2/c1-26-18-12-13(22-19(25)17-8-4-5-11-21-17)9-10-16(18)24-23-15-7-3-2-6-14(15)20/h2-12H,1H3,(H,22,25). The topological polar surface area (TPSA) is 75.9 Å². The third kappa shape index (κ3) is 4.23. The number of methoxy groups -OCH3 is 1. The van der Waals surface area contributed by atoms with Gasteiger partial charge in [0.25, 0.3) is 5.91 Å². The van der Waals surface area contributed by atoms with Crippen molar-refractivity contribution in [3.63, 3.8) is 0 Å². The molecule has 0 aliphatic rings. The molecule has 0 aliphatic heterocycles. The van der Waals surface area contributed by atoms with Crippen LogP contribution < -0.4 is 10.1 Å². The summed E-state index contributed by atoms with van der Waals surface area (Å²) in [6, 6.07) is 17.4. The van der Waals surface area contributed by atoms with Gasteiger partial charge in [-0.2, -0.15) is 0 Å². The quantitative estimate of drug-likeness (QED) is 0.613. The summed E-state index contributed by atoms with van der Waals surface area (Å²) in [5.74, 6) is 0.165. The summed E-state index contributed by atoms with van der Waals surface area (Å²) in [5.41, 5.74) is 1.97. The highest BCUT2D eigenvalue weighted by atomic mass is 35.5. The number of nitrogens with zero attached hydrogens (tertiary/aromatic N) is 3. The summed E-state index contributed by atoms with van der Waals surface area (Å²) in [5, 5.41) is 11.6. The lowest BCUT2D eigenvalue weighted by Gasteiger charge is -2.08. The van der Waals surface area contributed by atoms with Crippen LogP contribution in [0.2, 0.25) is 5.02 Å². The van der Waals surface area contributed by atoms with Crippen LogP contribution in [0.3, 0.4) is 0 Å². The van der Waals surface area contributed by atoms with Gasteiger partial charge in [-0.05, 0) is 36.4 Å². The van der Waals surface area contributed by atoms with E-state index in [9.17, 15) is 4.79 Å². The Morgan fingerprint density at radius 1 is 1.04 bits per heavy atom. The fraction of sp³-hybridized carbons (Fsp3) is 0.0526. The highest BCUT2D eigenvalue weighted by Crippen LogP contribution is 2.33. The highest BCUT2D eigenvalue weighted by Gasteiger charge is 2.09. The molecule has 1 amide bonds. The van der Waals surface area contributed by atoms with E-state index in [4.69, 9.17) is 16.3 Å². The second-order valence-electron chi connectivity index (χ2n) is 5.21. The summed E-state index contributed by atoms with van der Waals surface area (Å²) < 4.78 is 5.34. The van der Waals surface area contributed by atoms with Crippen molar-refractivity contribution in [1.82, 2.24) is 4.98 Å². The molecule has 0 spiro atoms. The maximum Gasteiger partial charge on any atom is 0.274 e. The molecule has 3 rings (SSSR count). The number of ether oxygens (including phenoxy) is 1. The van der Waals surface area contributed by atoms with Crippen LogP contribution in [0.25, 0.3) is 0 Å². The first-order chi connectivity index (χ1) is 12.7. The zero-order valence-corrected chi connectivity index (χ0v) is 14.6. The monoisotopic (exact) mass is 366 g/mol. The van der Waals surface area contributed by atoms with E-state index in [0.29, 0.717) is 33.5 Å². The molecule has 0 saturated heterocycles. The summed E-state index contributed by atoms with van der Waals surface area (Å²) in [6.45, 7) is 0. The first kappa shape index (κ1) is 17.6. The number of azo groups is 1. The van der Waals surface area contributed by atoms with Crippen LogP contribution in [0, 0.1) is 0 Å². The van der Waals surface area contributed by atoms with Gasteiger partial charge in [-0.1, -0.05) is 29.8 Å². The number of carbonyl (C=O) groups is 1. The number of carbonyl (C=O) groups excluding carboxylic acids is 1. The van der Waals surface area contributed by atoms with Gasteiger partial charge in [0.2, 0.25) is 0 Å². The minimum Gasteiger partial charge on any atom is -0.494 e. The van der Waals surface area contributed by atoms with Crippen LogP contribution in [0.4, 0.5) is 17.1 Å². The number of halogens is 1. The molecule has 3 aromatic rings. The fourth-order valence-electron chi connectivity index (χ4n) is 2.17. The van der Waals surface area contributed by atoms with Gasteiger partial charge in [0.1, 0.15) is 22.8 Å². The van der Waals surface area contributed by atoms with Crippen LogP contribution in [-0.2, 0) is 0 Å². The third-order valence-electron chi connectivity index (χ3n) is 3.45. The fourth-order valence-corrected chi connectivity index (χ4v) is 2.34. The van der Waals surface area contributed by atoms with E-state index in [1.165, 1.54) is 7.11 Å². The average molecular weight is 367 g/mol. The third-order valence-corrected chi connectivity index (χ3v) is 3.77. The molecule has 0 bridgehead atoms. The second-order valence-corrected chi connectivity index (χ2v) is 5.61. The zero-order valence-electron chi connectivity index (χ0n) is 13.9. The van der Waals surface area contributed by atoms with Crippen LogP contribution in [0.15, 0.2) is 77.1 Å². The van der Waals surface area contributed by atoms with Gasteiger partial charge in [-0.15, -0.1) is 10.2 Å². The van der Waals surface area contributed by atoms with E-state index < -0.39 is 0 Å². The number of aromatic nitrogens is 1. The molecule has 0 unspecified atom stereocenters. The van der Waals surface area contributed by atoms with E-state index >= 15 is 0 Å². The number of amides is 1. The average Bonchev–Trinajstić information content (AvgIpc) is 2.68. The molecule has 130 valence electrons. The molecule has 1 heterocycles. The molecule has 2 aromatic carbocycles. The SMILES string of the molecule is COc1cc(NC(=O)c2ccccn2)ccc1N=Nc1ccccc1Cl. The van der Waals surface area contributed by atoms with Gasteiger partial charge in [0.15, 0.2) is 0 Å². The van der Waals surface area contributed by atoms with Gasteiger partial charge in [-0.25, -0.2) is 0 Å². The summed E-state index contributed by atoms with van der Waals surface area (Å²) in [6.07, 6.45) is 1.56. The van der Waals surface area contributed by atoms with Crippen molar-refractivity contribution in [3.05, 3.63) is 77.6 Å². The Morgan fingerprint density at radius 3 is 2.54 bits per heavy atom. The molecule has 0 atom stereocenters.